The largest absolute Gasteiger partial charge is 0.207 e. The quantitative estimate of drug-likeness (QED) is 0.637. The van der Waals surface area contributed by atoms with Crippen molar-refractivity contribution in [1.29, 1.82) is 0 Å². The van der Waals surface area contributed by atoms with Gasteiger partial charge in [-0.3, -0.25) is 0 Å². The summed E-state index contributed by atoms with van der Waals surface area (Å²) >= 11 is 0. The third-order valence-corrected chi connectivity index (χ3v) is 2.06. The van der Waals surface area contributed by atoms with Gasteiger partial charge in [-0.1, -0.05) is 18.2 Å². The second kappa shape index (κ2) is 6.09. The van der Waals surface area contributed by atoms with Crippen molar-refractivity contribution in [2.75, 3.05) is 0 Å². The van der Waals surface area contributed by atoms with E-state index in [2.05, 4.69) is 0 Å². The first kappa shape index (κ1) is 13.3. The van der Waals surface area contributed by atoms with E-state index in [0.29, 0.717) is 0 Å². The average molecular weight is 238 g/mol. The summed E-state index contributed by atoms with van der Waals surface area (Å²) < 4.78 is 36.5. The minimum atomic E-state index is -0.791. The summed E-state index contributed by atoms with van der Waals surface area (Å²) in [6, 6.07) is 10.3. The molecule has 0 aliphatic carbocycles. The van der Waals surface area contributed by atoms with Crippen LogP contribution < -0.4 is 0 Å². The van der Waals surface area contributed by atoms with E-state index >= 15 is 0 Å². The summed E-state index contributed by atoms with van der Waals surface area (Å²) in [4.78, 5) is 0. The topological polar surface area (TPSA) is 0 Å². The van der Waals surface area contributed by atoms with E-state index in [-0.39, 0.29) is 5.82 Å². The van der Waals surface area contributed by atoms with Gasteiger partial charge in [-0.25, -0.2) is 13.2 Å². The molecule has 90 valence electrons. The van der Waals surface area contributed by atoms with Crippen LogP contribution in [0.4, 0.5) is 13.2 Å². The number of aryl methyl sites for hydroxylation is 2. The fourth-order valence-electron chi connectivity index (χ4n) is 1.21. The molecule has 0 heterocycles. The standard InChI is InChI=1S/C7H6F2.C7H7F/c1-5-2-3-6(8)7(9)4-5;1-6-3-2-4-7(8)5-6/h2-4H,1H3;2-5H,1H3. The lowest BCUT2D eigenvalue weighted by Crippen LogP contribution is -1.82. The van der Waals surface area contributed by atoms with Crippen molar-refractivity contribution in [3.8, 4) is 0 Å². The number of benzene rings is 2. The molecule has 17 heavy (non-hydrogen) atoms. The van der Waals surface area contributed by atoms with Crippen molar-refractivity contribution >= 4 is 0 Å². The van der Waals surface area contributed by atoms with Crippen LogP contribution in [0.1, 0.15) is 11.1 Å². The second-order valence-corrected chi connectivity index (χ2v) is 3.72. The van der Waals surface area contributed by atoms with Crippen LogP contribution in [0.15, 0.2) is 42.5 Å². The molecular weight excluding hydrogens is 225 g/mol. The molecule has 0 aliphatic heterocycles. The molecule has 0 N–H and O–H groups in total. The van der Waals surface area contributed by atoms with E-state index in [1.165, 1.54) is 18.2 Å². The molecule has 0 atom stereocenters. The van der Waals surface area contributed by atoms with Crippen molar-refractivity contribution in [2.45, 2.75) is 13.8 Å². The highest BCUT2D eigenvalue weighted by atomic mass is 19.2. The number of hydrogen-bond acceptors (Lipinski definition) is 0. The number of hydrogen-bond donors (Lipinski definition) is 0. The van der Waals surface area contributed by atoms with Crippen molar-refractivity contribution in [3.63, 3.8) is 0 Å². The SMILES string of the molecule is Cc1ccc(F)c(F)c1.Cc1cccc(F)c1. The van der Waals surface area contributed by atoms with E-state index in [1.807, 2.05) is 13.0 Å². The lowest BCUT2D eigenvalue weighted by Gasteiger charge is -1.91. The molecule has 0 amide bonds. The molecule has 2 rings (SSSR count). The van der Waals surface area contributed by atoms with Gasteiger partial charge in [0.2, 0.25) is 0 Å². The monoisotopic (exact) mass is 238 g/mol. The molecule has 0 spiro atoms. The third-order valence-electron chi connectivity index (χ3n) is 2.06. The maximum absolute atomic E-state index is 12.2. The van der Waals surface area contributed by atoms with Crippen LogP contribution in [0, 0.1) is 31.3 Å². The normalized spacial score (nSPS) is 9.47. The summed E-state index contributed by atoms with van der Waals surface area (Å²) in [6.45, 7) is 3.58. The minimum Gasteiger partial charge on any atom is -0.207 e. The van der Waals surface area contributed by atoms with Crippen LogP contribution in [0.5, 0.6) is 0 Å². The van der Waals surface area contributed by atoms with Crippen molar-refractivity contribution < 1.29 is 13.2 Å². The molecule has 3 heteroatoms. The lowest BCUT2D eigenvalue weighted by atomic mass is 10.2. The van der Waals surface area contributed by atoms with Crippen LogP contribution in [-0.2, 0) is 0 Å². The van der Waals surface area contributed by atoms with Gasteiger partial charge in [0.1, 0.15) is 5.82 Å². The Labute approximate surface area is 98.7 Å². The maximum atomic E-state index is 12.2. The van der Waals surface area contributed by atoms with Gasteiger partial charge in [-0.15, -0.1) is 0 Å². The fourth-order valence-corrected chi connectivity index (χ4v) is 1.21. The number of halogens is 3. The van der Waals surface area contributed by atoms with E-state index in [0.717, 1.165) is 23.3 Å². The lowest BCUT2D eigenvalue weighted by molar-refractivity contribution is 0.508. The minimum absolute atomic E-state index is 0.162. The van der Waals surface area contributed by atoms with Gasteiger partial charge in [0.25, 0.3) is 0 Å². The molecule has 2 aromatic rings. The molecule has 0 radical (unpaired) electrons. The maximum Gasteiger partial charge on any atom is 0.159 e. The number of rotatable bonds is 0. The van der Waals surface area contributed by atoms with Crippen LogP contribution in [0.25, 0.3) is 0 Å². The van der Waals surface area contributed by atoms with E-state index in [9.17, 15) is 13.2 Å². The molecule has 0 unspecified atom stereocenters. The first-order valence-electron chi connectivity index (χ1n) is 5.13. The average Bonchev–Trinajstić information content (AvgIpc) is 2.24. The smallest absolute Gasteiger partial charge is 0.159 e. The summed E-state index contributed by atoms with van der Waals surface area (Å²) in [5.74, 6) is -1.74. The molecule has 0 aliphatic rings. The van der Waals surface area contributed by atoms with Gasteiger partial charge in [0.15, 0.2) is 11.6 Å². The third kappa shape index (κ3) is 4.72. The van der Waals surface area contributed by atoms with Gasteiger partial charge in [-0.05, 0) is 49.2 Å². The predicted molar refractivity (Wildman–Crippen MR) is 62.2 cm³/mol. The summed E-state index contributed by atoms with van der Waals surface area (Å²) in [7, 11) is 0. The van der Waals surface area contributed by atoms with Crippen LogP contribution in [0.2, 0.25) is 0 Å². The Hall–Kier alpha value is -1.77. The molecule has 0 nitrogen and oxygen atoms in total. The molecule has 0 aromatic heterocycles. The van der Waals surface area contributed by atoms with Gasteiger partial charge in [0, 0.05) is 0 Å². The van der Waals surface area contributed by atoms with Gasteiger partial charge in [-0.2, -0.15) is 0 Å². The Morgan fingerprint density at radius 3 is 1.76 bits per heavy atom. The van der Waals surface area contributed by atoms with Crippen molar-refractivity contribution in [1.82, 2.24) is 0 Å². The Kier molecular flexibility index (Phi) is 4.76. The van der Waals surface area contributed by atoms with Crippen molar-refractivity contribution in [2.24, 2.45) is 0 Å². The molecule has 0 saturated carbocycles. The van der Waals surface area contributed by atoms with Gasteiger partial charge >= 0.3 is 0 Å². The molecule has 2 aromatic carbocycles. The second-order valence-electron chi connectivity index (χ2n) is 3.72. The van der Waals surface area contributed by atoms with Gasteiger partial charge < -0.3 is 0 Å². The zero-order valence-corrected chi connectivity index (χ0v) is 9.68. The van der Waals surface area contributed by atoms with Crippen LogP contribution in [-0.4, -0.2) is 0 Å². The summed E-state index contributed by atoms with van der Waals surface area (Å²) in [6.07, 6.45) is 0. The molecular formula is C14H13F3. The van der Waals surface area contributed by atoms with E-state index in [1.54, 1.807) is 13.0 Å². The zero-order valence-electron chi connectivity index (χ0n) is 9.68. The van der Waals surface area contributed by atoms with Crippen molar-refractivity contribution in [3.05, 3.63) is 71.0 Å². The van der Waals surface area contributed by atoms with Crippen LogP contribution >= 0.6 is 0 Å². The highest BCUT2D eigenvalue weighted by Crippen LogP contribution is 2.06. The highest BCUT2D eigenvalue weighted by molar-refractivity contribution is 5.15. The predicted octanol–water partition coefficient (Wildman–Crippen LogP) is 4.41. The van der Waals surface area contributed by atoms with E-state index < -0.39 is 11.6 Å². The Morgan fingerprint density at radius 2 is 1.35 bits per heavy atom. The highest BCUT2D eigenvalue weighted by Gasteiger charge is 1.97. The fraction of sp³-hybridized carbons (Fsp3) is 0.143. The summed E-state index contributed by atoms with van der Waals surface area (Å²) in [5, 5.41) is 0. The Morgan fingerprint density at radius 1 is 0.706 bits per heavy atom. The molecule has 0 fully saturated rings. The van der Waals surface area contributed by atoms with Gasteiger partial charge in [0.05, 0.1) is 0 Å². The van der Waals surface area contributed by atoms with E-state index in [4.69, 9.17) is 0 Å². The molecule has 0 bridgehead atoms. The first-order valence-corrected chi connectivity index (χ1v) is 5.13. The Bertz CT molecular complexity index is 475. The summed E-state index contributed by atoms with van der Waals surface area (Å²) in [5.41, 5.74) is 1.69. The first-order chi connectivity index (χ1) is 7.99. The molecule has 0 saturated heterocycles. The Balaban J connectivity index is 0.000000171. The van der Waals surface area contributed by atoms with Crippen LogP contribution in [0.3, 0.4) is 0 Å². The zero-order chi connectivity index (χ0) is 12.8.